The van der Waals surface area contributed by atoms with Crippen molar-refractivity contribution in [1.29, 1.82) is 0 Å². The molecular formula is C14H20N2O. The second kappa shape index (κ2) is 5.21. The van der Waals surface area contributed by atoms with E-state index in [0.717, 1.165) is 31.5 Å². The first-order chi connectivity index (χ1) is 8.16. The largest absolute Gasteiger partial charge is 0.374 e. The maximum Gasteiger partial charge on any atom is 0.242 e. The molecule has 0 spiro atoms. The van der Waals surface area contributed by atoms with Gasteiger partial charge >= 0.3 is 0 Å². The maximum absolute atomic E-state index is 11.8. The van der Waals surface area contributed by atoms with Crippen LogP contribution in [0.25, 0.3) is 0 Å². The van der Waals surface area contributed by atoms with Crippen LogP contribution in [0, 0.1) is 13.8 Å². The third kappa shape index (κ3) is 2.99. The molecule has 1 saturated heterocycles. The molecule has 1 aliphatic rings. The summed E-state index contributed by atoms with van der Waals surface area (Å²) in [6.45, 7) is 5.00. The zero-order chi connectivity index (χ0) is 12.3. The summed E-state index contributed by atoms with van der Waals surface area (Å²) < 4.78 is 0. The first kappa shape index (κ1) is 12.0. The van der Waals surface area contributed by atoms with Crippen molar-refractivity contribution in [2.45, 2.75) is 39.2 Å². The van der Waals surface area contributed by atoms with Gasteiger partial charge in [-0.25, -0.2) is 0 Å². The molecule has 1 amide bonds. The Morgan fingerprint density at radius 3 is 2.82 bits per heavy atom. The Labute approximate surface area is 103 Å². The van der Waals surface area contributed by atoms with Gasteiger partial charge in [-0.1, -0.05) is 6.07 Å². The first-order valence-corrected chi connectivity index (χ1v) is 6.28. The summed E-state index contributed by atoms with van der Waals surface area (Å²) in [5, 5.41) is 6.27. The summed E-state index contributed by atoms with van der Waals surface area (Å²) in [6.07, 6.45) is 3.09. The molecule has 1 unspecified atom stereocenters. The number of hydrogen-bond donors (Lipinski definition) is 2. The van der Waals surface area contributed by atoms with Crippen LogP contribution in [-0.2, 0) is 4.79 Å². The fraction of sp³-hybridized carbons (Fsp3) is 0.500. The van der Waals surface area contributed by atoms with Gasteiger partial charge in [0.2, 0.25) is 5.91 Å². The molecule has 0 bridgehead atoms. The van der Waals surface area contributed by atoms with Crippen LogP contribution in [0.3, 0.4) is 0 Å². The van der Waals surface area contributed by atoms with Gasteiger partial charge in [0, 0.05) is 12.2 Å². The van der Waals surface area contributed by atoms with Gasteiger partial charge in [-0.05, 0) is 56.4 Å². The van der Waals surface area contributed by atoms with E-state index in [-0.39, 0.29) is 11.9 Å². The molecule has 1 aliphatic heterocycles. The molecule has 2 rings (SSSR count). The number of hydrogen-bond acceptors (Lipinski definition) is 2. The van der Waals surface area contributed by atoms with Gasteiger partial charge in [0.1, 0.15) is 6.04 Å². The van der Waals surface area contributed by atoms with E-state index in [1.54, 1.807) is 0 Å². The highest BCUT2D eigenvalue weighted by molar-refractivity contribution is 5.84. The van der Waals surface area contributed by atoms with Gasteiger partial charge in [0.15, 0.2) is 0 Å². The topological polar surface area (TPSA) is 41.1 Å². The van der Waals surface area contributed by atoms with E-state index in [1.807, 2.05) is 6.07 Å². The van der Waals surface area contributed by atoms with Crippen LogP contribution in [0.1, 0.15) is 30.4 Å². The second-order valence-electron chi connectivity index (χ2n) is 4.78. The number of carbonyl (C=O) groups excluding carboxylic acids is 1. The monoisotopic (exact) mass is 232 g/mol. The van der Waals surface area contributed by atoms with Gasteiger partial charge in [-0.15, -0.1) is 0 Å². The van der Waals surface area contributed by atoms with Crippen LogP contribution in [-0.4, -0.2) is 18.5 Å². The van der Waals surface area contributed by atoms with E-state index < -0.39 is 0 Å². The lowest BCUT2D eigenvalue weighted by Gasteiger charge is -2.17. The predicted octanol–water partition coefficient (Wildman–Crippen LogP) is 2.38. The normalized spacial score (nSPS) is 20.6. The van der Waals surface area contributed by atoms with E-state index in [4.69, 9.17) is 0 Å². The smallest absolute Gasteiger partial charge is 0.242 e. The minimum atomic E-state index is -0.0837. The van der Waals surface area contributed by atoms with E-state index in [2.05, 4.69) is 36.6 Å². The quantitative estimate of drug-likeness (QED) is 0.822. The van der Waals surface area contributed by atoms with Crippen molar-refractivity contribution in [3.8, 4) is 0 Å². The zero-order valence-electron chi connectivity index (χ0n) is 10.5. The highest BCUT2D eigenvalue weighted by Crippen LogP contribution is 2.17. The Morgan fingerprint density at radius 2 is 2.06 bits per heavy atom. The predicted molar refractivity (Wildman–Crippen MR) is 70.2 cm³/mol. The van der Waals surface area contributed by atoms with Gasteiger partial charge in [0.05, 0.1) is 0 Å². The highest BCUT2D eigenvalue weighted by atomic mass is 16.2. The third-order valence-corrected chi connectivity index (χ3v) is 3.38. The average Bonchev–Trinajstić information content (AvgIpc) is 2.50. The molecule has 3 heteroatoms. The number of carbonyl (C=O) groups is 1. The summed E-state index contributed by atoms with van der Waals surface area (Å²) in [4.78, 5) is 11.8. The third-order valence-electron chi connectivity index (χ3n) is 3.38. The van der Waals surface area contributed by atoms with E-state index in [9.17, 15) is 4.79 Å². The lowest BCUT2D eigenvalue weighted by atomic mass is 10.1. The SMILES string of the molecule is Cc1ccc(NC2CCCCNC2=O)cc1C. The molecule has 2 N–H and O–H groups in total. The summed E-state index contributed by atoms with van der Waals surface area (Å²) in [6, 6.07) is 6.15. The van der Waals surface area contributed by atoms with Crippen molar-refractivity contribution in [3.63, 3.8) is 0 Å². The number of benzene rings is 1. The van der Waals surface area contributed by atoms with Crippen molar-refractivity contribution < 1.29 is 4.79 Å². The zero-order valence-corrected chi connectivity index (χ0v) is 10.5. The molecule has 17 heavy (non-hydrogen) atoms. The number of anilines is 1. The van der Waals surface area contributed by atoms with Crippen molar-refractivity contribution in [2.24, 2.45) is 0 Å². The Morgan fingerprint density at radius 1 is 1.24 bits per heavy atom. The summed E-state index contributed by atoms with van der Waals surface area (Å²) in [5.74, 6) is 0.126. The van der Waals surface area contributed by atoms with Crippen molar-refractivity contribution in [2.75, 3.05) is 11.9 Å². The Kier molecular flexibility index (Phi) is 3.67. The minimum Gasteiger partial charge on any atom is -0.374 e. The molecule has 0 saturated carbocycles. The van der Waals surface area contributed by atoms with Crippen molar-refractivity contribution >= 4 is 11.6 Å². The number of rotatable bonds is 2. The molecule has 1 atom stereocenters. The molecule has 0 aromatic heterocycles. The van der Waals surface area contributed by atoms with E-state index >= 15 is 0 Å². The molecule has 3 nitrogen and oxygen atoms in total. The molecule has 92 valence electrons. The van der Waals surface area contributed by atoms with Crippen LogP contribution < -0.4 is 10.6 Å². The number of amides is 1. The van der Waals surface area contributed by atoms with E-state index in [1.165, 1.54) is 11.1 Å². The average molecular weight is 232 g/mol. The highest BCUT2D eigenvalue weighted by Gasteiger charge is 2.20. The van der Waals surface area contributed by atoms with E-state index in [0.29, 0.717) is 0 Å². The molecule has 0 aliphatic carbocycles. The lowest BCUT2D eigenvalue weighted by molar-refractivity contribution is -0.121. The fourth-order valence-electron chi connectivity index (χ4n) is 2.11. The standard InChI is InChI=1S/C14H20N2O/c1-10-6-7-12(9-11(10)2)16-13-5-3-4-8-15-14(13)17/h6-7,9,13,16H,3-5,8H2,1-2H3,(H,15,17). The Hall–Kier alpha value is -1.51. The summed E-state index contributed by atoms with van der Waals surface area (Å²) in [5.41, 5.74) is 3.57. The number of aryl methyl sites for hydroxylation is 2. The maximum atomic E-state index is 11.8. The van der Waals surface area contributed by atoms with Crippen LogP contribution in [0.5, 0.6) is 0 Å². The lowest BCUT2D eigenvalue weighted by Crippen LogP contribution is -2.37. The molecule has 1 aromatic rings. The first-order valence-electron chi connectivity index (χ1n) is 6.28. The van der Waals surface area contributed by atoms with Gasteiger partial charge in [-0.3, -0.25) is 4.79 Å². The fourth-order valence-corrected chi connectivity index (χ4v) is 2.11. The van der Waals surface area contributed by atoms with Crippen LogP contribution in [0.2, 0.25) is 0 Å². The molecular weight excluding hydrogens is 212 g/mol. The van der Waals surface area contributed by atoms with Gasteiger partial charge in [-0.2, -0.15) is 0 Å². The Bertz CT molecular complexity index is 415. The van der Waals surface area contributed by atoms with Gasteiger partial charge < -0.3 is 10.6 Å². The van der Waals surface area contributed by atoms with Crippen LogP contribution in [0.15, 0.2) is 18.2 Å². The number of nitrogens with one attached hydrogen (secondary N) is 2. The molecule has 1 heterocycles. The van der Waals surface area contributed by atoms with Crippen molar-refractivity contribution in [3.05, 3.63) is 29.3 Å². The molecule has 1 aromatic carbocycles. The summed E-state index contributed by atoms with van der Waals surface area (Å²) in [7, 11) is 0. The van der Waals surface area contributed by atoms with Crippen LogP contribution in [0.4, 0.5) is 5.69 Å². The molecule has 1 fully saturated rings. The summed E-state index contributed by atoms with van der Waals surface area (Å²) >= 11 is 0. The minimum absolute atomic E-state index is 0.0837. The van der Waals surface area contributed by atoms with Crippen LogP contribution >= 0.6 is 0 Å². The second-order valence-corrected chi connectivity index (χ2v) is 4.78. The van der Waals surface area contributed by atoms with Crippen molar-refractivity contribution in [1.82, 2.24) is 5.32 Å². The Balaban J connectivity index is 2.08. The molecule has 0 radical (unpaired) electrons. The van der Waals surface area contributed by atoms with Gasteiger partial charge in [0.25, 0.3) is 0 Å².